The minimum atomic E-state index is -0.860. The first-order chi connectivity index (χ1) is 9.80. The standard InChI is InChI=1S/C17H27NO3/c1-13(2)11-17(4,20)12-18-16(19)9-10-21-15-8-6-5-7-14(15)3/h5-8,13,20H,9-12H2,1-4H3,(H,18,19). The van der Waals surface area contributed by atoms with E-state index in [1.54, 1.807) is 6.92 Å². The molecule has 2 N–H and O–H groups in total. The molecule has 0 spiro atoms. The number of hydrogen-bond donors (Lipinski definition) is 2. The summed E-state index contributed by atoms with van der Waals surface area (Å²) in [5.74, 6) is 1.09. The number of hydrogen-bond acceptors (Lipinski definition) is 3. The molecular formula is C17H27NO3. The van der Waals surface area contributed by atoms with E-state index in [2.05, 4.69) is 5.32 Å². The van der Waals surface area contributed by atoms with Gasteiger partial charge < -0.3 is 15.2 Å². The third kappa shape index (κ3) is 7.14. The molecule has 0 aliphatic carbocycles. The second kappa shape index (κ2) is 8.03. The van der Waals surface area contributed by atoms with Crippen LogP contribution >= 0.6 is 0 Å². The van der Waals surface area contributed by atoms with E-state index in [0.29, 0.717) is 18.9 Å². The molecule has 0 saturated carbocycles. The van der Waals surface area contributed by atoms with Crippen molar-refractivity contribution in [3.63, 3.8) is 0 Å². The number of ether oxygens (including phenoxy) is 1. The summed E-state index contributed by atoms with van der Waals surface area (Å²) < 4.78 is 5.58. The van der Waals surface area contributed by atoms with Crippen molar-refractivity contribution in [3.05, 3.63) is 29.8 Å². The molecule has 1 unspecified atom stereocenters. The van der Waals surface area contributed by atoms with Gasteiger partial charge in [-0.05, 0) is 37.8 Å². The summed E-state index contributed by atoms with van der Waals surface area (Å²) in [6, 6.07) is 7.72. The predicted molar refractivity (Wildman–Crippen MR) is 84.4 cm³/mol. The predicted octanol–water partition coefficient (Wildman–Crippen LogP) is 2.68. The fourth-order valence-corrected chi connectivity index (χ4v) is 2.30. The number of nitrogens with one attached hydrogen (secondary N) is 1. The van der Waals surface area contributed by atoms with E-state index in [0.717, 1.165) is 11.3 Å². The molecule has 1 amide bonds. The van der Waals surface area contributed by atoms with Gasteiger partial charge in [-0.2, -0.15) is 0 Å². The molecule has 4 nitrogen and oxygen atoms in total. The number of para-hydroxylation sites is 1. The zero-order valence-corrected chi connectivity index (χ0v) is 13.5. The lowest BCUT2D eigenvalue weighted by molar-refractivity contribution is -0.122. The Kier molecular flexibility index (Phi) is 6.69. The highest BCUT2D eigenvalue weighted by molar-refractivity contribution is 5.76. The summed E-state index contributed by atoms with van der Waals surface area (Å²) >= 11 is 0. The quantitative estimate of drug-likeness (QED) is 0.774. The second-order valence-corrected chi connectivity index (χ2v) is 6.24. The van der Waals surface area contributed by atoms with E-state index in [4.69, 9.17) is 4.74 Å². The molecule has 1 aromatic carbocycles. The van der Waals surface area contributed by atoms with E-state index in [-0.39, 0.29) is 18.9 Å². The summed E-state index contributed by atoms with van der Waals surface area (Å²) in [5, 5.41) is 12.9. The lowest BCUT2D eigenvalue weighted by atomic mass is 9.94. The van der Waals surface area contributed by atoms with Crippen LogP contribution in [0.15, 0.2) is 24.3 Å². The molecule has 4 heteroatoms. The van der Waals surface area contributed by atoms with E-state index >= 15 is 0 Å². The molecule has 21 heavy (non-hydrogen) atoms. The van der Waals surface area contributed by atoms with Crippen molar-refractivity contribution >= 4 is 5.91 Å². The third-order valence-electron chi connectivity index (χ3n) is 3.19. The Morgan fingerprint density at radius 3 is 2.67 bits per heavy atom. The van der Waals surface area contributed by atoms with Crippen molar-refractivity contribution in [1.82, 2.24) is 5.32 Å². The van der Waals surface area contributed by atoms with Gasteiger partial charge in [-0.15, -0.1) is 0 Å². The molecular weight excluding hydrogens is 266 g/mol. The molecule has 1 atom stereocenters. The second-order valence-electron chi connectivity index (χ2n) is 6.24. The molecule has 0 aliphatic rings. The SMILES string of the molecule is Cc1ccccc1OCCC(=O)NCC(C)(O)CC(C)C. The Labute approximate surface area is 127 Å². The van der Waals surface area contributed by atoms with Crippen molar-refractivity contribution < 1.29 is 14.6 Å². The highest BCUT2D eigenvalue weighted by Crippen LogP contribution is 2.16. The molecule has 0 saturated heterocycles. The topological polar surface area (TPSA) is 58.6 Å². The van der Waals surface area contributed by atoms with Crippen LogP contribution in [0.3, 0.4) is 0 Å². The smallest absolute Gasteiger partial charge is 0.223 e. The molecule has 118 valence electrons. The maximum Gasteiger partial charge on any atom is 0.223 e. The van der Waals surface area contributed by atoms with Crippen LogP contribution in [0, 0.1) is 12.8 Å². The van der Waals surface area contributed by atoms with Gasteiger partial charge in [0.15, 0.2) is 0 Å². The lowest BCUT2D eigenvalue weighted by Gasteiger charge is -2.25. The number of carbonyl (C=O) groups excluding carboxylic acids is 1. The summed E-state index contributed by atoms with van der Waals surface area (Å²) in [4.78, 5) is 11.7. The molecule has 0 aromatic heterocycles. The van der Waals surface area contributed by atoms with Gasteiger partial charge in [-0.25, -0.2) is 0 Å². The summed E-state index contributed by atoms with van der Waals surface area (Å²) in [6.07, 6.45) is 0.944. The highest BCUT2D eigenvalue weighted by atomic mass is 16.5. The number of aryl methyl sites for hydroxylation is 1. The molecule has 0 bridgehead atoms. The van der Waals surface area contributed by atoms with Crippen molar-refractivity contribution in [2.24, 2.45) is 5.92 Å². The average molecular weight is 293 g/mol. The summed E-state index contributed by atoms with van der Waals surface area (Å²) in [7, 11) is 0. The van der Waals surface area contributed by atoms with Gasteiger partial charge >= 0.3 is 0 Å². The van der Waals surface area contributed by atoms with Gasteiger partial charge in [0.1, 0.15) is 5.75 Å². The van der Waals surface area contributed by atoms with Crippen molar-refractivity contribution in [2.45, 2.75) is 46.1 Å². The first kappa shape index (κ1) is 17.5. The molecule has 1 aromatic rings. The molecule has 0 aliphatic heterocycles. The zero-order valence-electron chi connectivity index (χ0n) is 13.5. The highest BCUT2D eigenvalue weighted by Gasteiger charge is 2.22. The first-order valence-electron chi connectivity index (χ1n) is 7.48. The van der Waals surface area contributed by atoms with Crippen LogP contribution in [0.4, 0.5) is 0 Å². The van der Waals surface area contributed by atoms with E-state index in [1.807, 2.05) is 45.0 Å². The van der Waals surface area contributed by atoms with Crippen LogP contribution in [0.1, 0.15) is 39.2 Å². The normalized spacial score (nSPS) is 13.8. The van der Waals surface area contributed by atoms with E-state index in [1.165, 1.54) is 0 Å². The molecule has 1 rings (SSSR count). The third-order valence-corrected chi connectivity index (χ3v) is 3.19. The largest absolute Gasteiger partial charge is 0.493 e. The van der Waals surface area contributed by atoms with Crippen molar-refractivity contribution in [3.8, 4) is 5.75 Å². The van der Waals surface area contributed by atoms with E-state index < -0.39 is 5.60 Å². The lowest BCUT2D eigenvalue weighted by Crippen LogP contribution is -2.41. The van der Waals surface area contributed by atoms with Gasteiger partial charge in [0, 0.05) is 6.54 Å². The minimum Gasteiger partial charge on any atom is -0.493 e. The fourth-order valence-electron chi connectivity index (χ4n) is 2.30. The Balaban J connectivity index is 2.27. The van der Waals surface area contributed by atoms with E-state index in [9.17, 15) is 9.90 Å². The number of carbonyl (C=O) groups is 1. The fraction of sp³-hybridized carbons (Fsp3) is 0.588. The first-order valence-corrected chi connectivity index (χ1v) is 7.48. The summed E-state index contributed by atoms with van der Waals surface area (Å²) in [6.45, 7) is 8.42. The Morgan fingerprint density at radius 1 is 1.38 bits per heavy atom. The Morgan fingerprint density at radius 2 is 2.05 bits per heavy atom. The van der Waals surface area contributed by atoms with Crippen LogP contribution in [-0.4, -0.2) is 29.8 Å². The van der Waals surface area contributed by atoms with Gasteiger partial charge in [-0.3, -0.25) is 4.79 Å². The van der Waals surface area contributed by atoms with Gasteiger partial charge in [-0.1, -0.05) is 32.0 Å². The van der Waals surface area contributed by atoms with Gasteiger partial charge in [0.25, 0.3) is 0 Å². The van der Waals surface area contributed by atoms with Crippen LogP contribution < -0.4 is 10.1 Å². The number of benzene rings is 1. The van der Waals surface area contributed by atoms with Crippen molar-refractivity contribution in [1.29, 1.82) is 0 Å². The minimum absolute atomic E-state index is 0.104. The average Bonchev–Trinajstić information content (AvgIpc) is 2.37. The maximum absolute atomic E-state index is 11.7. The van der Waals surface area contributed by atoms with Gasteiger partial charge in [0.2, 0.25) is 5.91 Å². The van der Waals surface area contributed by atoms with Crippen LogP contribution in [-0.2, 0) is 4.79 Å². The van der Waals surface area contributed by atoms with Crippen LogP contribution in [0.25, 0.3) is 0 Å². The maximum atomic E-state index is 11.7. The molecule has 0 heterocycles. The Bertz CT molecular complexity index is 455. The molecule has 0 fully saturated rings. The zero-order chi connectivity index (χ0) is 15.9. The van der Waals surface area contributed by atoms with Crippen LogP contribution in [0.2, 0.25) is 0 Å². The number of aliphatic hydroxyl groups is 1. The van der Waals surface area contributed by atoms with Crippen LogP contribution in [0.5, 0.6) is 5.75 Å². The van der Waals surface area contributed by atoms with Gasteiger partial charge in [0.05, 0.1) is 18.6 Å². The molecule has 0 radical (unpaired) electrons. The summed E-state index contributed by atoms with van der Waals surface area (Å²) in [5.41, 5.74) is 0.193. The monoisotopic (exact) mass is 293 g/mol. The number of rotatable bonds is 8. The number of amides is 1. The Hall–Kier alpha value is -1.55. The van der Waals surface area contributed by atoms with Crippen molar-refractivity contribution in [2.75, 3.05) is 13.2 Å².